The third kappa shape index (κ3) is 4.41. The summed E-state index contributed by atoms with van der Waals surface area (Å²) in [7, 11) is 1.43. The second kappa shape index (κ2) is 8.75. The molecule has 170 valence electrons. The molecule has 6 nitrogen and oxygen atoms in total. The van der Waals surface area contributed by atoms with E-state index >= 15 is 0 Å². The minimum Gasteiger partial charge on any atom is -0.504 e. The Balaban J connectivity index is 2.13. The van der Waals surface area contributed by atoms with Crippen LogP contribution in [0.3, 0.4) is 0 Å². The summed E-state index contributed by atoms with van der Waals surface area (Å²) in [5, 5.41) is 21.2. The fourth-order valence-corrected chi connectivity index (χ4v) is 4.54. The van der Waals surface area contributed by atoms with Crippen molar-refractivity contribution in [1.82, 2.24) is 0 Å². The maximum atomic E-state index is 13.0. The quantitative estimate of drug-likeness (QED) is 0.468. The summed E-state index contributed by atoms with van der Waals surface area (Å²) >= 11 is 6.63. The number of halogens is 1. The molecule has 0 spiro atoms. The second-order valence-electron chi connectivity index (χ2n) is 9.29. The van der Waals surface area contributed by atoms with E-state index in [1.807, 2.05) is 34.6 Å². The van der Waals surface area contributed by atoms with Gasteiger partial charge in [0.05, 0.1) is 18.6 Å². The zero-order chi connectivity index (χ0) is 23.1. The number of esters is 1. The standard InChI is InChI=1S/C24H31ClO6/c1-7-13-12(2)19(25)15-11-30-23(28)18-17(31-22(15)20(13)27)9-8-14(21(18)29-6)16(26)10-24(3,4)5/h8-9,12,16,19,26-27H,7,10-11H2,1-6H3. The number of hydrogen-bond donors (Lipinski definition) is 2. The molecule has 0 saturated carbocycles. The van der Waals surface area contributed by atoms with Crippen LogP contribution in [0.5, 0.6) is 11.5 Å². The molecule has 0 radical (unpaired) electrons. The molecule has 0 saturated heterocycles. The summed E-state index contributed by atoms with van der Waals surface area (Å²) in [6.07, 6.45) is 0.253. The van der Waals surface area contributed by atoms with Crippen LogP contribution < -0.4 is 9.47 Å². The summed E-state index contributed by atoms with van der Waals surface area (Å²) < 4.78 is 17.1. The van der Waals surface area contributed by atoms with E-state index in [1.165, 1.54) is 7.11 Å². The van der Waals surface area contributed by atoms with Crippen molar-refractivity contribution in [3.05, 3.63) is 45.9 Å². The lowest BCUT2D eigenvalue weighted by molar-refractivity contribution is 0.0513. The van der Waals surface area contributed by atoms with Crippen molar-refractivity contribution in [1.29, 1.82) is 0 Å². The van der Waals surface area contributed by atoms with Crippen molar-refractivity contribution >= 4 is 17.6 Å². The van der Waals surface area contributed by atoms with Crippen LogP contribution in [0.15, 0.2) is 34.8 Å². The highest BCUT2D eigenvalue weighted by Gasteiger charge is 2.38. The fraction of sp³-hybridized carbons (Fsp3) is 0.542. The van der Waals surface area contributed by atoms with Crippen LogP contribution in [0.25, 0.3) is 0 Å². The summed E-state index contributed by atoms with van der Waals surface area (Å²) in [5.41, 5.74) is 1.74. The molecule has 1 aliphatic heterocycles. The molecule has 0 fully saturated rings. The molecule has 3 rings (SSSR count). The number of aliphatic hydroxyl groups is 2. The van der Waals surface area contributed by atoms with E-state index in [1.54, 1.807) is 12.1 Å². The van der Waals surface area contributed by atoms with Crippen molar-refractivity contribution in [3.8, 4) is 11.5 Å². The lowest BCUT2D eigenvalue weighted by Crippen LogP contribution is -2.31. The summed E-state index contributed by atoms with van der Waals surface area (Å²) in [6, 6.07) is 3.27. The lowest BCUT2D eigenvalue weighted by atomic mass is 9.84. The molecule has 31 heavy (non-hydrogen) atoms. The Morgan fingerprint density at radius 3 is 2.58 bits per heavy atom. The molecule has 0 bridgehead atoms. The number of methoxy groups -OCH3 is 1. The molecule has 0 amide bonds. The highest BCUT2D eigenvalue weighted by Crippen LogP contribution is 2.44. The van der Waals surface area contributed by atoms with E-state index in [0.717, 1.165) is 5.57 Å². The molecule has 7 heteroatoms. The second-order valence-corrected chi connectivity index (χ2v) is 9.76. The Labute approximate surface area is 188 Å². The number of allylic oxidation sites excluding steroid dienone is 1. The van der Waals surface area contributed by atoms with Crippen molar-refractivity contribution in [3.63, 3.8) is 0 Å². The predicted octanol–water partition coefficient (Wildman–Crippen LogP) is 5.45. The molecular formula is C24H31ClO6. The maximum absolute atomic E-state index is 13.0. The first-order chi connectivity index (χ1) is 14.5. The van der Waals surface area contributed by atoms with E-state index in [2.05, 4.69) is 0 Å². The van der Waals surface area contributed by atoms with Gasteiger partial charge in [0.15, 0.2) is 11.5 Å². The number of cyclic esters (lactones) is 1. The Hall–Kier alpha value is -2.18. The van der Waals surface area contributed by atoms with Crippen LogP contribution in [0.4, 0.5) is 0 Å². The van der Waals surface area contributed by atoms with Gasteiger partial charge < -0.3 is 24.4 Å². The summed E-state index contributed by atoms with van der Waals surface area (Å²) in [6.45, 7) is 9.83. The van der Waals surface area contributed by atoms with Crippen LogP contribution in [0, 0.1) is 11.3 Å². The minimum absolute atomic E-state index is 0.0293. The van der Waals surface area contributed by atoms with Crippen LogP contribution in [0.2, 0.25) is 0 Å². The van der Waals surface area contributed by atoms with E-state index in [4.69, 9.17) is 25.8 Å². The average Bonchev–Trinajstić information content (AvgIpc) is 2.68. The number of carbonyl (C=O) groups excluding carboxylic acids is 1. The third-order valence-electron chi connectivity index (χ3n) is 5.81. The van der Waals surface area contributed by atoms with Crippen LogP contribution >= 0.6 is 11.6 Å². The highest BCUT2D eigenvalue weighted by molar-refractivity contribution is 6.23. The zero-order valence-corrected chi connectivity index (χ0v) is 19.7. The highest BCUT2D eigenvalue weighted by atomic mass is 35.5. The van der Waals surface area contributed by atoms with Gasteiger partial charge in [-0.15, -0.1) is 11.6 Å². The number of fused-ring (bicyclic) bond motifs is 1. The normalized spacial score (nSPS) is 22.6. The molecule has 3 unspecified atom stereocenters. The smallest absolute Gasteiger partial charge is 0.346 e. The molecule has 1 aliphatic carbocycles. The Morgan fingerprint density at radius 1 is 1.32 bits per heavy atom. The van der Waals surface area contributed by atoms with Gasteiger partial charge in [0, 0.05) is 17.1 Å². The predicted molar refractivity (Wildman–Crippen MR) is 119 cm³/mol. The fourth-order valence-electron chi connectivity index (χ4n) is 4.22. The molecule has 2 N–H and O–H groups in total. The minimum atomic E-state index is -0.837. The largest absolute Gasteiger partial charge is 0.504 e. The van der Waals surface area contributed by atoms with Gasteiger partial charge in [-0.25, -0.2) is 4.79 Å². The SMILES string of the molecule is CCC1=C(O)C2=C(COC(=O)c3c(ccc(C(O)CC(C)(C)C)c3OC)O2)C(Cl)C1C. The van der Waals surface area contributed by atoms with E-state index in [-0.39, 0.29) is 46.5 Å². The average molecular weight is 451 g/mol. The maximum Gasteiger partial charge on any atom is 0.346 e. The van der Waals surface area contributed by atoms with Gasteiger partial charge in [-0.1, -0.05) is 34.6 Å². The number of alkyl halides is 1. The van der Waals surface area contributed by atoms with Gasteiger partial charge in [0.2, 0.25) is 0 Å². The number of rotatable bonds is 4. The molecule has 1 heterocycles. The van der Waals surface area contributed by atoms with Crippen LogP contribution in [-0.4, -0.2) is 35.3 Å². The number of carbonyl (C=O) groups is 1. The lowest BCUT2D eigenvalue weighted by Gasteiger charge is -2.33. The number of aliphatic hydroxyl groups excluding tert-OH is 2. The molecular weight excluding hydrogens is 420 g/mol. The van der Waals surface area contributed by atoms with Gasteiger partial charge in [0.1, 0.15) is 23.7 Å². The van der Waals surface area contributed by atoms with Crippen molar-refractivity contribution in [2.45, 2.75) is 58.9 Å². The number of hydrogen-bond acceptors (Lipinski definition) is 6. The Kier molecular flexibility index (Phi) is 6.63. The topological polar surface area (TPSA) is 85.2 Å². The van der Waals surface area contributed by atoms with Crippen molar-refractivity contribution in [2.24, 2.45) is 11.3 Å². The summed E-state index contributed by atoms with van der Waals surface area (Å²) in [5.74, 6) is -0.119. The molecule has 1 aromatic rings. The Bertz CT molecular complexity index is 940. The van der Waals surface area contributed by atoms with E-state index < -0.39 is 17.5 Å². The first kappa shape index (κ1) is 23.5. The summed E-state index contributed by atoms with van der Waals surface area (Å²) in [4.78, 5) is 13.0. The van der Waals surface area contributed by atoms with Crippen LogP contribution in [0.1, 0.15) is 69.5 Å². The number of ether oxygens (including phenoxy) is 3. The van der Waals surface area contributed by atoms with Gasteiger partial charge in [-0.3, -0.25) is 0 Å². The van der Waals surface area contributed by atoms with Gasteiger partial charge >= 0.3 is 5.97 Å². The first-order valence-corrected chi connectivity index (χ1v) is 11.0. The van der Waals surface area contributed by atoms with Gasteiger partial charge in [-0.2, -0.15) is 0 Å². The molecule has 3 atom stereocenters. The van der Waals surface area contributed by atoms with Gasteiger partial charge in [-0.05, 0) is 36.0 Å². The van der Waals surface area contributed by atoms with E-state index in [9.17, 15) is 15.0 Å². The third-order valence-corrected chi connectivity index (χ3v) is 6.45. The van der Waals surface area contributed by atoms with Gasteiger partial charge in [0.25, 0.3) is 0 Å². The Morgan fingerprint density at radius 2 is 2.00 bits per heavy atom. The van der Waals surface area contributed by atoms with Crippen molar-refractivity contribution in [2.75, 3.05) is 13.7 Å². The number of benzene rings is 1. The molecule has 0 aromatic heterocycles. The molecule has 2 aliphatic rings. The zero-order valence-electron chi connectivity index (χ0n) is 18.9. The van der Waals surface area contributed by atoms with Crippen molar-refractivity contribution < 1.29 is 29.2 Å². The monoisotopic (exact) mass is 450 g/mol. The first-order valence-electron chi connectivity index (χ1n) is 10.5. The molecule has 1 aromatic carbocycles. The van der Waals surface area contributed by atoms with E-state index in [0.29, 0.717) is 24.0 Å². The van der Waals surface area contributed by atoms with Crippen LogP contribution in [-0.2, 0) is 4.74 Å².